The fraction of sp³-hybridized carbons (Fsp3) is 0.269. The Morgan fingerprint density at radius 1 is 0.865 bits per heavy atom. The molecule has 0 aliphatic heterocycles. The van der Waals surface area contributed by atoms with Crippen molar-refractivity contribution in [3.8, 4) is 5.75 Å². The van der Waals surface area contributed by atoms with Gasteiger partial charge in [-0.3, -0.25) is 9.10 Å². The van der Waals surface area contributed by atoms with Crippen LogP contribution in [0.3, 0.4) is 0 Å². The van der Waals surface area contributed by atoms with Gasteiger partial charge >= 0.3 is 0 Å². The topological polar surface area (TPSA) is 122 Å². The van der Waals surface area contributed by atoms with Crippen LogP contribution in [0.25, 0.3) is 0 Å². The molecule has 0 unspecified atom stereocenters. The fourth-order valence-electron chi connectivity index (χ4n) is 3.51. The second-order valence-corrected chi connectivity index (χ2v) is 12.4. The number of carbonyl (C=O) groups is 1. The lowest BCUT2D eigenvalue weighted by Crippen LogP contribution is -2.38. The van der Waals surface area contributed by atoms with Crippen LogP contribution < -0.4 is 19.1 Å². The molecule has 37 heavy (non-hydrogen) atoms. The molecule has 0 fully saturated rings. The quantitative estimate of drug-likeness (QED) is 0.399. The minimum Gasteiger partial charge on any atom is -0.495 e. The van der Waals surface area contributed by atoms with Gasteiger partial charge in [-0.1, -0.05) is 35.4 Å². The molecule has 0 aliphatic rings. The maximum absolute atomic E-state index is 13.6. The second-order valence-electron chi connectivity index (χ2n) is 8.85. The number of anilines is 2. The number of hydrogen-bond donors (Lipinski definition) is 2. The van der Waals surface area contributed by atoms with E-state index in [9.17, 15) is 21.6 Å². The third-order valence-corrected chi connectivity index (χ3v) is 8.81. The van der Waals surface area contributed by atoms with Crippen LogP contribution in [0.5, 0.6) is 5.75 Å². The van der Waals surface area contributed by atoms with E-state index in [1.54, 1.807) is 50.2 Å². The summed E-state index contributed by atoms with van der Waals surface area (Å²) in [5.74, 6) is -0.457. The highest BCUT2D eigenvalue weighted by atomic mass is 32.2. The fourth-order valence-corrected chi connectivity index (χ4v) is 6.21. The van der Waals surface area contributed by atoms with Gasteiger partial charge in [0.2, 0.25) is 15.9 Å². The predicted molar refractivity (Wildman–Crippen MR) is 144 cm³/mol. The van der Waals surface area contributed by atoms with E-state index in [4.69, 9.17) is 4.74 Å². The van der Waals surface area contributed by atoms with Crippen molar-refractivity contribution >= 4 is 37.3 Å². The van der Waals surface area contributed by atoms with E-state index >= 15 is 0 Å². The molecule has 198 valence electrons. The maximum Gasteiger partial charge on any atom is 0.264 e. The lowest BCUT2D eigenvalue weighted by molar-refractivity contribution is -0.114. The molecule has 2 N–H and O–H groups in total. The first-order chi connectivity index (χ1) is 17.3. The summed E-state index contributed by atoms with van der Waals surface area (Å²) >= 11 is 0. The van der Waals surface area contributed by atoms with Crippen LogP contribution in [0.1, 0.15) is 25.0 Å². The van der Waals surface area contributed by atoms with E-state index in [0.717, 1.165) is 15.4 Å². The summed E-state index contributed by atoms with van der Waals surface area (Å²) in [6.45, 7) is 6.55. The van der Waals surface area contributed by atoms with E-state index in [-0.39, 0.29) is 27.3 Å². The van der Waals surface area contributed by atoms with Crippen LogP contribution in [0.15, 0.2) is 76.5 Å². The molecular weight excluding hydrogens is 514 g/mol. The Morgan fingerprint density at radius 3 is 1.95 bits per heavy atom. The van der Waals surface area contributed by atoms with E-state index < -0.39 is 32.5 Å². The first-order valence-corrected chi connectivity index (χ1v) is 14.4. The maximum atomic E-state index is 13.6. The average Bonchev–Trinajstić information content (AvgIpc) is 2.82. The number of nitrogens with one attached hydrogen (secondary N) is 2. The number of hydrogen-bond acceptors (Lipinski definition) is 6. The monoisotopic (exact) mass is 545 g/mol. The van der Waals surface area contributed by atoms with Crippen LogP contribution >= 0.6 is 0 Å². The van der Waals surface area contributed by atoms with Gasteiger partial charge in [0.25, 0.3) is 10.0 Å². The highest BCUT2D eigenvalue weighted by molar-refractivity contribution is 7.92. The van der Waals surface area contributed by atoms with Crippen molar-refractivity contribution in [3.63, 3.8) is 0 Å². The molecule has 0 heterocycles. The van der Waals surface area contributed by atoms with E-state index in [2.05, 4.69) is 10.0 Å². The Balaban J connectivity index is 1.97. The van der Waals surface area contributed by atoms with Crippen LogP contribution in [0.2, 0.25) is 0 Å². The first kappa shape index (κ1) is 28.2. The summed E-state index contributed by atoms with van der Waals surface area (Å²) in [4.78, 5) is 13.1. The molecule has 0 spiro atoms. The summed E-state index contributed by atoms with van der Waals surface area (Å²) in [6, 6.07) is 16.8. The summed E-state index contributed by atoms with van der Waals surface area (Å²) in [7, 11) is -6.55. The second kappa shape index (κ2) is 11.3. The summed E-state index contributed by atoms with van der Waals surface area (Å²) in [5.41, 5.74) is 2.23. The Kier molecular flexibility index (Phi) is 8.62. The Morgan fingerprint density at radius 2 is 1.41 bits per heavy atom. The van der Waals surface area contributed by atoms with Gasteiger partial charge in [-0.05, 0) is 70.2 Å². The number of methoxy groups -OCH3 is 1. The SMILES string of the molecule is COc1ccc(S(=O)(=O)NC(C)C)cc1NC(=O)CN(c1ccc(C)cc1)S(=O)(=O)c1ccc(C)cc1. The summed E-state index contributed by atoms with van der Waals surface area (Å²) < 4.78 is 61.2. The molecule has 0 atom stereocenters. The summed E-state index contributed by atoms with van der Waals surface area (Å²) in [5, 5.41) is 2.61. The largest absolute Gasteiger partial charge is 0.495 e. The number of sulfonamides is 2. The summed E-state index contributed by atoms with van der Waals surface area (Å²) in [6.07, 6.45) is 0. The lowest BCUT2D eigenvalue weighted by atomic mass is 10.2. The number of benzene rings is 3. The van der Waals surface area contributed by atoms with Crippen molar-refractivity contribution in [3.05, 3.63) is 77.9 Å². The number of rotatable bonds is 10. The smallest absolute Gasteiger partial charge is 0.264 e. The zero-order valence-corrected chi connectivity index (χ0v) is 23.0. The molecule has 3 aromatic carbocycles. The van der Waals surface area contributed by atoms with Crippen LogP contribution in [-0.4, -0.2) is 42.4 Å². The Labute approximate surface area is 218 Å². The zero-order valence-electron chi connectivity index (χ0n) is 21.3. The molecule has 3 rings (SSSR count). The zero-order chi connectivity index (χ0) is 27.4. The van der Waals surface area contributed by atoms with Gasteiger partial charge in [0.1, 0.15) is 12.3 Å². The van der Waals surface area contributed by atoms with Gasteiger partial charge in [-0.25, -0.2) is 21.6 Å². The third kappa shape index (κ3) is 6.88. The molecule has 0 aromatic heterocycles. The molecule has 0 bridgehead atoms. The van der Waals surface area contributed by atoms with E-state index in [0.29, 0.717) is 5.69 Å². The highest BCUT2D eigenvalue weighted by Gasteiger charge is 2.28. The standard InChI is InChI=1S/C26H31N3O6S2/c1-18(2)28-36(31,32)23-14-15-25(35-5)24(16-23)27-26(30)17-29(21-10-6-19(3)7-11-21)37(33,34)22-12-8-20(4)9-13-22/h6-16,18,28H,17H2,1-5H3,(H,27,30). The van der Waals surface area contributed by atoms with Crippen LogP contribution in [0, 0.1) is 13.8 Å². The Hall–Kier alpha value is -3.41. The Bertz CT molecular complexity index is 1470. The molecular formula is C26H31N3O6S2. The van der Waals surface area contributed by atoms with E-state index in [1.807, 2.05) is 13.8 Å². The van der Waals surface area contributed by atoms with Crippen LogP contribution in [0.4, 0.5) is 11.4 Å². The van der Waals surface area contributed by atoms with Crippen molar-refractivity contribution in [2.75, 3.05) is 23.3 Å². The number of aryl methyl sites for hydroxylation is 2. The molecule has 11 heteroatoms. The number of nitrogens with zero attached hydrogens (tertiary/aromatic N) is 1. The van der Waals surface area contributed by atoms with Crippen molar-refractivity contribution < 1.29 is 26.4 Å². The number of carbonyl (C=O) groups excluding carboxylic acids is 1. The minimum atomic E-state index is -4.10. The molecule has 1 amide bonds. The molecule has 0 aliphatic carbocycles. The van der Waals surface area contributed by atoms with Crippen molar-refractivity contribution in [1.82, 2.24) is 4.72 Å². The molecule has 3 aromatic rings. The van der Waals surface area contributed by atoms with Gasteiger partial charge < -0.3 is 10.1 Å². The van der Waals surface area contributed by atoms with Gasteiger partial charge in [0.05, 0.1) is 28.3 Å². The predicted octanol–water partition coefficient (Wildman–Crippen LogP) is 3.83. The average molecular weight is 546 g/mol. The molecule has 9 nitrogen and oxygen atoms in total. The normalized spacial score (nSPS) is 11.8. The third-order valence-electron chi connectivity index (χ3n) is 5.36. The number of amides is 1. The number of ether oxygens (including phenoxy) is 1. The van der Waals surface area contributed by atoms with Crippen molar-refractivity contribution in [1.29, 1.82) is 0 Å². The lowest BCUT2D eigenvalue weighted by Gasteiger charge is -2.24. The van der Waals surface area contributed by atoms with Crippen molar-refractivity contribution in [2.24, 2.45) is 0 Å². The van der Waals surface area contributed by atoms with Gasteiger partial charge in [0.15, 0.2) is 0 Å². The van der Waals surface area contributed by atoms with Crippen molar-refractivity contribution in [2.45, 2.75) is 43.5 Å². The van der Waals surface area contributed by atoms with E-state index in [1.165, 1.54) is 37.4 Å². The first-order valence-electron chi connectivity index (χ1n) is 11.5. The molecule has 0 saturated heterocycles. The van der Waals surface area contributed by atoms with Crippen LogP contribution in [-0.2, 0) is 24.8 Å². The van der Waals surface area contributed by atoms with Gasteiger partial charge in [0, 0.05) is 6.04 Å². The molecule has 0 radical (unpaired) electrons. The molecule has 0 saturated carbocycles. The minimum absolute atomic E-state index is 0.0388. The van der Waals surface area contributed by atoms with Gasteiger partial charge in [-0.15, -0.1) is 0 Å². The highest BCUT2D eigenvalue weighted by Crippen LogP contribution is 2.29. The van der Waals surface area contributed by atoms with Gasteiger partial charge in [-0.2, -0.15) is 0 Å².